The van der Waals surface area contributed by atoms with E-state index >= 15 is 0 Å². The molecule has 6 heteroatoms. The molecular weight excluding hydrogens is 343 g/mol. The molecule has 0 bridgehead atoms. The lowest BCUT2D eigenvalue weighted by atomic mass is 9.76. The molecule has 1 unspecified atom stereocenters. The lowest BCUT2D eigenvalue weighted by molar-refractivity contribution is -0.129. The number of aromatic amines is 1. The first kappa shape index (κ1) is 18.1. The summed E-state index contributed by atoms with van der Waals surface area (Å²) >= 11 is 0. The normalized spacial score (nSPS) is 21.3. The number of rotatable bonds is 5. The highest BCUT2D eigenvalue weighted by molar-refractivity contribution is 5.79. The fourth-order valence-corrected chi connectivity index (χ4v) is 4.80. The molecule has 1 saturated heterocycles. The third kappa shape index (κ3) is 3.62. The van der Waals surface area contributed by atoms with Gasteiger partial charge in [-0.05, 0) is 42.4 Å². The number of hydrogen-bond donors (Lipinski definition) is 1. The Hall–Kier alpha value is -2.24. The summed E-state index contributed by atoms with van der Waals surface area (Å²) < 4.78 is 13.1. The number of aryl methyl sites for hydroxylation is 1. The monoisotopic (exact) mass is 370 g/mol. The Kier molecular flexibility index (Phi) is 4.98. The van der Waals surface area contributed by atoms with Crippen molar-refractivity contribution in [2.75, 3.05) is 13.1 Å². The molecule has 1 amide bonds. The molecule has 2 aliphatic rings. The molecule has 1 aliphatic heterocycles. The van der Waals surface area contributed by atoms with Crippen LogP contribution in [0.2, 0.25) is 0 Å². The van der Waals surface area contributed by atoms with Gasteiger partial charge in [-0.25, -0.2) is 9.37 Å². The highest BCUT2D eigenvalue weighted by atomic mass is 19.1. The van der Waals surface area contributed by atoms with Crippen LogP contribution >= 0.6 is 0 Å². The summed E-state index contributed by atoms with van der Waals surface area (Å²) in [5.41, 5.74) is 0.970. The van der Waals surface area contributed by atoms with Gasteiger partial charge in [0.1, 0.15) is 11.6 Å². The molecule has 2 fully saturated rings. The SMILES string of the molecule is CCCc1nc(C2CN(C(=O)Cc3ccc(F)cc3)CC23CCCC3)n[nH]1. The van der Waals surface area contributed by atoms with Crippen LogP contribution in [0.1, 0.15) is 62.2 Å². The molecule has 2 heterocycles. The molecule has 1 N–H and O–H groups in total. The summed E-state index contributed by atoms with van der Waals surface area (Å²) in [5, 5.41) is 7.59. The predicted molar refractivity (Wildman–Crippen MR) is 101 cm³/mol. The van der Waals surface area contributed by atoms with Gasteiger partial charge in [0, 0.05) is 25.4 Å². The number of halogens is 1. The smallest absolute Gasteiger partial charge is 0.227 e. The van der Waals surface area contributed by atoms with E-state index in [0.29, 0.717) is 13.0 Å². The van der Waals surface area contributed by atoms with Crippen LogP contribution in [0.15, 0.2) is 24.3 Å². The quantitative estimate of drug-likeness (QED) is 0.874. The van der Waals surface area contributed by atoms with Crippen LogP contribution in [-0.4, -0.2) is 39.1 Å². The van der Waals surface area contributed by atoms with Gasteiger partial charge < -0.3 is 4.90 Å². The maximum absolute atomic E-state index is 13.1. The van der Waals surface area contributed by atoms with E-state index in [2.05, 4.69) is 17.1 Å². The van der Waals surface area contributed by atoms with Gasteiger partial charge in [0.05, 0.1) is 6.42 Å². The van der Waals surface area contributed by atoms with Crippen molar-refractivity contribution in [3.8, 4) is 0 Å². The second-order valence-corrected chi connectivity index (χ2v) is 8.09. The van der Waals surface area contributed by atoms with Gasteiger partial charge in [0.2, 0.25) is 5.91 Å². The average Bonchev–Trinajstić information content (AvgIpc) is 3.39. The van der Waals surface area contributed by atoms with Crippen LogP contribution in [0.3, 0.4) is 0 Å². The van der Waals surface area contributed by atoms with E-state index in [1.807, 2.05) is 4.90 Å². The Balaban J connectivity index is 1.52. The molecule has 144 valence electrons. The second kappa shape index (κ2) is 7.41. The van der Waals surface area contributed by atoms with Gasteiger partial charge in [0.25, 0.3) is 0 Å². The number of nitrogens with one attached hydrogen (secondary N) is 1. The highest BCUT2D eigenvalue weighted by Gasteiger charge is 2.51. The predicted octanol–water partition coefficient (Wildman–Crippen LogP) is 3.63. The summed E-state index contributed by atoms with van der Waals surface area (Å²) in [4.78, 5) is 19.6. The fourth-order valence-electron chi connectivity index (χ4n) is 4.80. The fraction of sp³-hybridized carbons (Fsp3) is 0.571. The van der Waals surface area contributed by atoms with Gasteiger partial charge in [-0.1, -0.05) is 31.9 Å². The van der Waals surface area contributed by atoms with E-state index in [1.165, 1.54) is 25.0 Å². The molecule has 1 spiro atoms. The van der Waals surface area contributed by atoms with Crippen molar-refractivity contribution < 1.29 is 9.18 Å². The minimum absolute atomic E-state index is 0.111. The number of benzene rings is 1. The van der Waals surface area contributed by atoms with Crippen LogP contribution in [0, 0.1) is 11.2 Å². The lowest BCUT2D eigenvalue weighted by Gasteiger charge is -2.27. The van der Waals surface area contributed by atoms with E-state index in [-0.39, 0.29) is 23.1 Å². The minimum atomic E-state index is -0.273. The molecule has 1 saturated carbocycles. The highest BCUT2D eigenvalue weighted by Crippen LogP contribution is 2.52. The molecule has 0 radical (unpaired) electrons. The Bertz CT molecular complexity index is 795. The van der Waals surface area contributed by atoms with E-state index in [4.69, 9.17) is 4.98 Å². The first-order chi connectivity index (χ1) is 13.1. The van der Waals surface area contributed by atoms with Gasteiger partial charge in [-0.3, -0.25) is 9.89 Å². The zero-order valence-electron chi connectivity index (χ0n) is 15.9. The maximum Gasteiger partial charge on any atom is 0.227 e. The largest absolute Gasteiger partial charge is 0.341 e. The third-order valence-electron chi connectivity index (χ3n) is 6.22. The van der Waals surface area contributed by atoms with E-state index in [0.717, 1.165) is 49.4 Å². The summed E-state index contributed by atoms with van der Waals surface area (Å²) in [7, 11) is 0. The van der Waals surface area contributed by atoms with Crippen molar-refractivity contribution in [2.24, 2.45) is 5.41 Å². The zero-order valence-corrected chi connectivity index (χ0v) is 15.9. The van der Waals surface area contributed by atoms with Crippen LogP contribution < -0.4 is 0 Å². The summed E-state index contributed by atoms with van der Waals surface area (Å²) in [6, 6.07) is 6.21. The third-order valence-corrected chi connectivity index (χ3v) is 6.22. The number of carbonyl (C=O) groups is 1. The molecule has 4 rings (SSSR count). The molecule has 2 aromatic rings. The van der Waals surface area contributed by atoms with E-state index < -0.39 is 0 Å². The number of likely N-dealkylation sites (tertiary alicyclic amines) is 1. The molecule has 1 aromatic heterocycles. The molecule has 1 atom stereocenters. The van der Waals surface area contributed by atoms with Crippen LogP contribution in [0.4, 0.5) is 4.39 Å². The Labute approximate surface area is 159 Å². The van der Waals surface area contributed by atoms with Crippen molar-refractivity contribution in [2.45, 2.75) is 57.8 Å². The molecule has 27 heavy (non-hydrogen) atoms. The van der Waals surface area contributed by atoms with Crippen molar-refractivity contribution in [1.82, 2.24) is 20.1 Å². The van der Waals surface area contributed by atoms with Gasteiger partial charge >= 0.3 is 0 Å². The van der Waals surface area contributed by atoms with Gasteiger partial charge in [-0.2, -0.15) is 5.10 Å². The minimum Gasteiger partial charge on any atom is -0.341 e. The number of hydrogen-bond acceptors (Lipinski definition) is 3. The Morgan fingerprint density at radius 1 is 1.30 bits per heavy atom. The molecule has 1 aliphatic carbocycles. The summed E-state index contributed by atoms with van der Waals surface area (Å²) in [5.74, 6) is 1.86. The Morgan fingerprint density at radius 2 is 2.04 bits per heavy atom. The first-order valence-corrected chi connectivity index (χ1v) is 10.0. The van der Waals surface area contributed by atoms with Gasteiger partial charge in [0.15, 0.2) is 5.82 Å². The lowest BCUT2D eigenvalue weighted by Crippen LogP contribution is -2.32. The number of nitrogens with zero attached hydrogens (tertiary/aromatic N) is 3. The number of H-pyrrole nitrogens is 1. The van der Waals surface area contributed by atoms with Crippen molar-refractivity contribution in [3.63, 3.8) is 0 Å². The molecule has 1 aromatic carbocycles. The van der Waals surface area contributed by atoms with Crippen LogP contribution in [0.5, 0.6) is 0 Å². The van der Waals surface area contributed by atoms with Gasteiger partial charge in [-0.15, -0.1) is 0 Å². The second-order valence-electron chi connectivity index (χ2n) is 8.09. The Morgan fingerprint density at radius 3 is 2.74 bits per heavy atom. The van der Waals surface area contributed by atoms with Crippen LogP contribution in [0.25, 0.3) is 0 Å². The van der Waals surface area contributed by atoms with Crippen LogP contribution in [-0.2, 0) is 17.6 Å². The molecular formula is C21H27FN4O. The average molecular weight is 370 g/mol. The van der Waals surface area contributed by atoms with Crippen molar-refractivity contribution >= 4 is 5.91 Å². The zero-order chi connectivity index (χ0) is 18.9. The standard InChI is InChI=1S/C21H27FN4O/c1-2-5-18-23-20(25-24-18)17-13-26(14-21(17)10-3-4-11-21)19(27)12-15-6-8-16(22)9-7-15/h6-9,17H,2-5,10-14H2,1H3,(H,23,24,25). The van der Waals surface area contributed by atoms with E-state index in [1.54, 1.807) is 12.1 Å². The van der Waals surface area contributed by atoms with E-state index in [9.17, 15) is 9.18 Å². The number of amides is 1. The molecule has 5 nitrogen and oxygen atoms in total. The van der Waals surface area contributed by atoms with Crippen molar-refractivity contribution in [1.29, 1.82) is 0 Å². The maximum atomic E-state index is 13.1. The number of aromatic nitrogens is 3. The first-order valence-electron chi connectivity index (χ1n) is 10.0. The number of carbonyl (C=O) groups excluding carboxylic acids is 1. The topological polar surface area (TPSA) is 61.9 Å². The van der Waals surface area contributed by atoms with Crippen molar-refractivity contribution in [3.05, 3.63) is 47.3 Å². The summed E-state index contributed by atoms with van der Waals surface area (Å²) in [6.45, 7) is 3.60. The summed E-state index contributed by atoms with van der Waals surface area (Å²) in [6.07, 6.45) is 6.95.